The summed E-state index contributed by atoms with van der Waals surface area (Å²) < 4.78 is 14.3. The quantitative estimate of drug-likeness (QED) is 0.478. The molecule has 0 radical (unpaired) electrons. The van der Waals surface area contributed by atoms with Crippen LogP contribution in [0.4, 0.5) is 4.39 Å². The summed E-state index contributed by atoms with van der Waals surface area (Å²) in [6.07, 6.45) is 0. The minimum atomic E-state index is -0.329. The molecule has 27 heavy (non-hydrogen) atoms. The Morgan fingerprint density at radius 1 is 1.19 bits per heavy atom. The molecule has 3 rings (SSSR count). The average molecular weight is 387 g/mol. The number of fused-ring (bicyclic) bond motifs is 1. The first-order chi connectivity index (χ1) is 13.1. The lowest BCUT2D eigenvalue weighted by Gasteiger charge is -2.12. The van der Waals surface area contributed by atoms with Gasteiger partial charge >= 0.3 is 0 Å². The minimum absolute atomic E-state index is 0.0669. The van der Waals surface area contributed by atoms with E-state index < -0.39 is 0 Å². The molecule has 3 aromatic rings. The van der Waals surface area contributed by atoms with Crippen molar-refractivity contribution < 1.29 is 14.3 Å². The molecule has 0 spiro atoms. The second-order valence-electron chi connectivity index (χ2n) is 5.78. The van der Waals surface area contributed by atoms with Gasteiger partial charge in [-0.05, 0) is 29.8 Å². The van der Waals surface area contributed by atoms with Crippen LogP contribution >= 0.6 is 11.8 Å². The number of nitrogens with zero attached hydrogens (tertiary/aromatic N) is 2. The van der Waals surface area contributed by atoms with Crippen LogP contribution in [-0.4, -0.2) is 32.9 Å². The third-order valence-corrected chi connectivity index (χ3v) is 4.86. The second kappa shape index (κ2) is 8.79. The van der Waals surface area contributed by atoms with E-state index in [1.807, 2.05) is 0 Å². The Labute approximate surface area is 159 Å². The third kappa shape index (κ3) is 4.72. The van der Waals surface area contributed by atoms with Crippen molar-refractivity contribution in [2.24, 2.45) is 0 Å². The van der Waals surface area contributed by atoms with Crippen LogP contribution in [0.15, 0.2) is 58.5 Å². The standard InChI is InChI=1S/C19H18FN3O3S/c20-14-7-5-13(6-8-14)11-21-17(25)12-27-19-22-16-4-2-1-3-15(16)18(26)23(19)9-10-24/h1-8,24H,9-12H2,(H,21,25). The zero-order chi connectivity index (χ0) is 19.2. The maximum atomic E-state index is 12.9. The molecule has 1 aromatic heterocycles. The number of aliphatic hydroxyl groups excluding tert-OH is 1. The summed E-state index contributed by atoms with van der Waals surface area (Å²) >= 11 is 1.13. The molecule has 0 atom stereocenters. The number of para-hydroxylation sites is 1. The summed E-state index contributed by atoms with van der Waals surface area (Å²) in [6, 6.07) is 12.8. The molecule has 0 bridgehead atoms. The van der Waals surface area contributed by atoms with Crippen molar-refractivity contribution in [1.82, 2.24) is 14.9 Å². The monoisotopic (exact) mass is 387 g/mol. The van der Waals surface area contributed by atoms with Crippen molar-refractivity contribution in [2.45, 2.75) is 18.2 Å². The highest BCUT2D eigenvalue weighted by Crippen LogP contribution is 2.17. The van der Waals surface area contributed by atoms with Gasteiger partial charge < -0.3 is 10.4 Å². The van der Waals surface area contributed by atoms with Crippen molar-refractivity contribution in [3.63, 3.8) is 0 Å². The molecule has 0 saturated carbocycles. The molecule has 0 fully saturated rings. The Kier molecular flexibility index (Phi) is 6.20. The predicted octanol–water partition coefficient (Wildman–Crippen LogP) is 1.94. The summed E-state index contributed by atoms with van der Waals surface area (Å²) in [4.78, 5) is 29.1. The van der Waals surface area contributed by atoms with E-state index in [2.05, 4.69) is 10.3 Å². The highest BCUT2D eigenvalue weighted by Gasteiger charge is 2.13. The number of amides is 1. The zero-order valence-electron chi connectivity index (χ0n) is 14.4. The largest absolute Gasteiger partial charge is 0.395 e. The fourth-order valence-corrected chi connectivity index (χ4v) is 3.39. The summed E-state index contributed by atoms with van der Waals surface area (Å²) in [5, 5.41) is 12.8. The van der Waals surface area contributed by atoms with Gasteiger partial charge in [-0.25, -0.2) is 9.37 Å². The number of thioether (sulfide) groups is 1. The van der Waals surface area contributed by atoms with Gasteiger partial charge in [0.05, 0.1) is 29.8 Å². The SMILES string of the molecule is O=C(CSc1nc2ccccc2c(=O)n1CCO)NCc1ccc(F)cc1. The molecule has 0 aliphatic carbocycles. The van der Waals surface area contributed by atoms with Crippen LogP contribution in [-0.2, 0) is 17.9 Å². The number of benzene rings is 2. The van der Waals surface area contributed by atoms with Gasteiger partial charge in [0.2, 0.25) is 5.91 Å². The lowest BCUT2D eigenvalue weighted by Crippen LogP contribution is -2.27. The first-order valence-corrected chi connectivity index (χ1v) is 9.31. The number of aliphatic hydroxyl groups is 1. The highest BCUT2D eigenvalue weighted by atomic mass is 32.2. The highest BCUT2D eigenvalue weighted by molar-refractivity contribution is 7.99. The third-order valence-electron chi connectivity index (χ3n) is 3.89. The molecule has 0 aliphatic rings. The Hall–Kier alpha value is -2.71. The molecule has 8 heteroatoms. The average Bonchev–Trinajstić information content (AvgIpc) is 2.68. The molecule has 0 saturated heterocycles. The van der Waals surface area contributed by atoms with Crippen LogP contribution < -0.4 is 10.9 Å². The lowest BCUT2D eigenvalue weighted by molar-refractivity contribution is -0.118. The van der Waals surface area contributed by atoms with Crippen LogP contribution in [0.2, 0.25) is 0 Å². The van der Waals surface area contributed by atoms with Crippen LogP contribution in [0.1, 0.15) is 5.56 Å². The first-order valence-electron chi connectivity index (χ1n) is 8.33. The lowest BCUT2D eigenvalue weighted by atomic mass is 10.2. The number of carbonyl (C=O) groups excluding carboxylic acids is 1. The molecular weight excluding hydrogens is 369 g/mol. The van der Waals surface area contributed by atoms with E-state index in [1.54, 1.807) is 36.4 Å². The van der Waals surface area contributed by atoms with E-state index in [0.29, 0.717) is 16.1 Å². The van der Waals surface area contributed by atoms with Crippen molar-refractivity contribution in [1.29, 1.82) is 0 Å². The van der Waals surface area contributed by atoms with Crippen molar-refractivity contribution in [3.8, 4) is 0 Å². The molecule has 1 heterocycles. The normalized spacial score (nSPS) is 10.9. The van der Waals surface area contributed by atoms with Gasteiger partial charge in [-0.15, -0.1) is 0 Å². The number of nitrogens with one attached hydrogen (secondary N) is 1. The van der Waals surface area contributed by atoms with E-state index in [4.69, 9.17) is 0 Å². The molecule has 0 aliphatic heterocycles. The molecular formula is C19H18FN3O3S. The molecule has 2 aromatic carbocycles. The Morgan fingerprint density at radius 3 is 2.67 bits per heavy atom. The van der Waals surface area contributed by atoms with E-state index in [-0.39, 0.29) is 42.7 Å². The van der Waals surface area contributed by atoms with E-state index in [0.717, 1.165) is 17.3 Å². The Morgan fingerprint density at radius 2 is 1.93 bits per heavy atom. The molecule has 2 N–H and O–H groups in total. The summed E-state index contributed by atoms with van der Waals surface area (Å²) in [6.45, 7) is 0.189. The van der Waals surface area contributed by atoms with Crippen LogP contribution in [0.25, 0.3) is 10.9 Å². The van der Waals surface area contributed by atoms with Gasteiger partial charge in [0.25, 0.3) is 5.56 Å². The first kappa shape index (κ1) is 19.1. The molecule has 0 unspecified atom stereocenters. The fraction of sp³-hybridized carbons (Fsp3) is 0.211. The Balaban J connectivity index is 1.70. The predicted molar refractivity (Wildman–Crippen MR) is 102 cm³/mol. The van der Waals surface area contributed by atoms with Crippen molar-refractivity contribution >= 4 is 28.6 Å². The van der Waals surface area contributed by atoms with Gasteiger partial charge in [-0.1, -0.05) is 36.0 Å². The number of halogens is 1. The molecule has 6 nitrogen and oxygen atoms in total. The topological polar surface area (TPSA) is 84.2 Å². The summed E-state index contributed by atoms with van der Waals surface area (Å²) in [5.41, 5.74) is 1.09. The van der Waals surface area contributed by atoms with Gasteiger partial charge in [0.1, 0.15) is 5.82 Å². The van der Waals surface area contributed by atoms with Crippen LogP contribution in [0.5, 0.6) is 0 Å². The number of hydrogen-bond acceptors (Lipinski definition) is 5. The minimum Gasteiger partial charge on any atom is -0.395 e. The molecule has 140 valence electrons. The maximum absolute atomic E-state index is 12.9. The number of hydrogen-bond donors (Lipinski definition) is 2. The van der Waals surface area contributed by atoms with E-state index in [9.17, 15) is 19.1 Å². The number of aromatic nitrogens is 2. The van der Waals surface area contributed by atoms with Crippen LogP contribution in [0, 0.1) is 5.82 Å². The maximum Gasteiger partial charge on any atom is 0.262 e. The number of carbonyl (C=O) groups is 1. The summed E-state index contributed by atoms with van der Waals surface area (Å²) in [7, 11) is 0. The van der Waals surface area contributed by atoms with Gasteiger partial charge in [0, 0.05) is 6.54 Å². The van der Waals surface area contributed by atoms with E-state index >= 15 is 0 Å². The van der Waals surface area contributed by atoms with Gasteiger partial charge in [0.15, 0.2) is 5.16 Å². The zero-order valence-corrected chi connectivity index (χ0v) is 15.2. The summed E-state index contributed by atoms with van der Waals surface area (Å²) in [5.74, 6) is -0.496. The molecule has 1 amide bonds. The fourth-order valence-electron chi connectivity index (χ4n) is 2.54. The number of rotatable bonds is 7. The second-order valence-corrected chi connectivity index (χ2v) is 6.73. The van der Waals surface area contributed by atoms with Gasteiger partial charge in [-0.2, -0.15) is 0 Å². The van der Waals surface area contributed by atoms with Crippen molar-refractivity contribution in [2.75, 3.05) is 12.4 Å². The van der Waals surface area contributed by atoms with Crippen LogP contribution in [0.3, 0.4) is 0 Å². The van der Waals surface area contributed by atoms with E-state index in [1.165, 1.54) is 16.7 Å². The smallest absolute Gasteiger partial charge is 0.262 e. The van der Waals surface area contributed by atoms with Crippen molar-refractivity contribution in [3.05, 3.63) is 70.3 Å². The van der Waals surface area contributed by atoms with Gasteiger partial charge in [-0.3, -0.25) is 14.2 Å². The Bertz CT molecular complexity index is 1010.